The van der Waals surface area contributed by atoms with Crippen molar-refractivity contribution in [1.29, 1.82) is 5.26 Å². The second-order valence-corrected chi connectivity index (χ2v) is 8.66. The maximum Gasteiger partial charge on any atom is 0.268 e. The van der Waals surface area contributed by atoms with Crippen LogP contribution in [0.3, 0.4) is 0 Å². The first-order valence-corrected chi connectivity index (χ1v) is 11.3. The lowest BCUT2D eigenvalue weighted by Crippen LogP contribution is -2.55. The summed E-state index contributed by atoms with van der Waals surface area (Å²) in [6.07, 6.45) is 4.45. The molecule has 1 aliphatic heterocycles. The van der Waals surface area contributed by atoms with Crippen molar-refractivity contribution in [3.05, 3.63) is 59.4 Å². The third-order valence-corrected chi connectivity index (χ3v) is 5.86. The van der Waals surface area contributed by atoms with Crippen molar-refractivity contribution in [3.8, 4) is 17.6 Å². The first kappa shape index (κ1) is 23.6. The molecule has 1 aromatic carbocycles. The highest BCUT2D eigenvalue weighted by molar-refractivity contribution is 6.32. The normalized spacial score (nSPS) is 14.7. The molecule has 4 aromatic rings. The molecule has 2 N–H and O–H groups in total. The molecule has 1 saturated heterocycles. The van der Waals surface area contributed by atoms with Crippen molar-refractivity contribution in [2.24, 2.45) is 0 Å². The number of aliphatic hydroxyl groups is 1. The molecule has 0 saturated carbocycles. The van der Waals surface area contributed by atoms with Crippen LogP contribution in [0.25, 0.3) is 16.7 Å². The molecular weight excluding hydrogens is 486 g/mol. The number of likely N-dealkylation sites (tertiary alicyclic amines) is 1. The Kier molecular flexibility index (Phi) is 6.43. The standard InChI is InChI=1S/C23H20ClN9O3/c1-13-6-27-19(7-26-13)30-22(35)18(11-32-8-15(34)9-32)36-23-16-10-33(31-21(16)28-12-29-23)20-14(5-25)3-2-4-17(20)24/h2-4,6-7,10,12,15,18,34H,8-9,11H2,1H3,(H,27,30,35)/t18-/m0/s1. The highest BCUT2D eigenvalue weighted by atomic mass is 35.5. The fraction of sp³-hybridized carbons (Fsp3) is 0.261. The van der Waals surface area contributed by atoms with Crippen molar-refractivity contribution in [1.82, 2.24) is 34.6 Å². The molecule has 3 aromatic heterocycles. The zero-order valence-electron chi connectivity index (χ0n) is 19.0. The van der Waals surface area contributed by atoms with Gasteiger partial charge in [0.1, 0.15) is 23.5 Å². The molecule has 0 bridgehead atoms. The first-order valence-electron chi connectivity index (χ1n) is 11.0. The Labute approximate surface area is 210 Å². The number of aryl methyl sites for hydroxylation is 1. The van der Waals surface area contributed by atoms with Gasteiger partial charge in [0, 0.05) is 25.8 Å². The number of rotatable bonds is 7. The van der Waals surface area contributed by atoms with Crippen LogP contribution >= 0.6 is 11.6 Å². The Morgan fingerprint density at radius 1 is 1.31 bits per heavy atom. The van der Waals surface area contributed by atoms with Gasteiger partial charge in [0.2, 0.25) is 5.88 Å². The Hall–Kier alpha value is -4.18. The van der Waals surface area contributed by atoms with Crippen molar-refractivity contribution < 1.29 is 14.6 Å². The average molecular weight is 506 g/mol. The summed E-state index contributed by atoms with van der Waals surface area (Å²) in [6, 6.07) is 7.07. The zero-order chi connectivity index (χ0) is 25.2. The number of nitriles is 1. The fourth-order valence-electron chi connectivity index (χ4n) is 3.76. The Bertz CT molecular complexity index is 1460. The maximum atomic E-state index is 13.1. The SMILES string of the molecule is Cc1cnc(NC(=O)[C@H](CN2CC(O)C2)Oc2ncnc3nn(-c4c(Cl)cccc4C#N)cc23)cn1. The largest absolute Gasteiger partial charge is 0.462 e. The predicted octanol–water partition coefficient (Wildman–Crippen LogP) is 1.50. The van der Waals surface area contributed by atoms with Gasteiger partial charge in [0.05, 0.1) is 34.8 Å². The molecular formula is C23H20ClN9O3. The summed E-state index contributed by atoms with van der Waals surface area (Å²) in [7, 11) is 0. The summed E-state index contributed by atoms with van der Waals surface area (Å²) in [5.74, 6) is -0.0363. The summed E-state index contributed by atoms with van der Waals surface area (Å²) in [5, 5.41) is 27.1. The van der Waals surface area contributed by atoms with Crippen LogP contribution in [0.5, 0.6) is 5.88 Å². The van der Waals surface area contributed by atoms with Crippen molar-refractivity contribution in [2.75, 3.05) is 25.0 Å². The lowest BCUT2D eigenvalue weighted by atomic mass is 10.1. The lowest BCUT2D eigenvalue weighted by molar-refractivity contribution is -0.125. The highest BCUT2D eigenvalue weighted by Gasteiger charge is 2.32. The summed E-state index contributed by atoms with van der Waals surface area (Å²) < 4.78 is 7.52. The van der Waals surface area contributed by atoms with Gasteiger partial charge >= 0.3 is 0 Å². The molecule has 0 radical (unpaired) electrons. The second-order valence-electron chi connectivity index (χ2n) is 8.25. The molecule has 13 heteroatoms. The fourth-order valence-corrected chi connectivity index (χ4v) is 4.02. The van der Waals surface area contributed by atoms with Crippen LogP contribution in [0.4, 0.5) is 5.82 Å². The number of hydrogen-bond donors (Lipinski definition) is 2. The second kappa shape index (κ2) is 9.82. The van der Waals surface area contributed by atoms with Gasteiger partial charge in [-0.2, -0.15) is 5.26 Å². The molecule has 1 aliphatic rings. The van der Waals surface area contributed by atoms with Gasteiger partial charge in [-0.1, -0.05) is 17.7 Å². The van der Waals surface area contributed by atoms with E-state index in [0.29, 0.717) is 46.1 Å². The number of carbonyl (C=O) groups excluding carboxylic acids is 1. The van der Waals surface area contributed by atoms with E-state index in [0.717, 1.165) is 0 Å². The number of anilines is 1. The number of β-amino-alcohol motifs (C(OH)–C–C–N with tert-alkyl or cyclic N) is 1. The van der Waals surface area contributed by atoms with E-state index < -0.39 is 18.1 Å². The number of aromatic nitrogens is 6. The molecule has 0 spiro atoms. The van der Waals surface area contributed by atoms with E-state index in [1.54, 1.807) is 37.5 Å². The molecule has 12 nitrogen and oxygen atoms in total. The monoisotopic (exact) mass is 505 g/mol. The number of aliphatic hydroxyl groups excluding tert-OH is 1. The minimum atomic E-state index is -0.989. The summed E-state index contributed by atoms with van der Waals surface area (Å²) in [4.78, 5) is 31.7. The van der Waals surface area contributed by atoms with E-state index in [4.69, 9.17) is 16.3 Å². The van der Waals surface area contributed by atoms with Crippen LogP contribution in [0.1, 0.15) is 11.3 Å². The van der Waals surface area contributed by atoms with Gasteiger partial charge in [-0.25, -0.2) is 19.6 Å². The molecule has 1 amide bonds. The van der Waals surface area contributed by atoms with Crippen LogP contribution in [-0.2, 0) is 4.79 Å². The number of ether oxygens (including phenoxy) is 1. The van der Waals surface area contributed by atoms with E-state index >= 15 is 0 Å². The quantitative estimate of drug-likeness (QED) is 0.377. The summed E-state index contributed by atoms with van der Waals surface area (Å²) in [6.45, 7) is 2.86. The first-order chi connectivity index (χ1) is 17.4. The predicted molar refractivity (Wildman–Crippen MR) is 129 cm³/mol. The molecule has 5 rings (SSSR count). The van der Waals surface area contributed by atoms with Crippen LogP contribution < -0.4 is 10.1 Å². The van der Waals surface area contributed by atoms with Crippen LogP contribution in [0.2, 0.25) is 5.02 Å². The number of benzene rings is 1. The number of nitrogens with one attached hydrogen (secondary N) is 1. The minimum Gasteiger partial charge on any atom is -0.462 e. The molecule has 182 valence electrons. The lowest BCUT2D eigenvalue weighted by Gasteiger charge is -2.37. The van der Waals surface area contributed by atoms with E-state index in [9.17, 15) is 15.2 Å². The number of carbonyl (C=O) groups is 1. The van der Waals surface area contributed by atoms with Gasteiger partial charge < -0.3 is 15.2 Å². The Morgan fingerprint density at radius 2 is 2.14 bits per heavy atom. The van der Waals surface area contributed by atoms with Gasteiger partial charge in [0.15, 0.2) is 17.6 Å². The van der Waals surface area contributed by atoms with Gasteiger partial charge in [0.25, 0.3) is 5.91 Å². The van der Waals surface area contributed by atoms with Crippen molar-refractivity contribution in [3.63, 3.8) is 0 Å². The van der Waals surface area contributed by atoms with E-state index in [2.05, 4.69) is 36.4 Å². The number of hydrogen-bond acceptors (Lipinski definition) is 10. The van der Waals surface area contributed by atoms with E-state index in [1.165, 1.54) is 17.2 Å². The topological polar surface area (TPSA) is 155 Å². The van der Waals surface area contributed by atoms with Crippen LogP contribution in [0.15, 0.2) is 43.1 Å². The number of fused-ring (bicyclic) bond motifs is 1. The molecule has 36 heavy (non-hydrogen) atoms. The molecule has 1 fully saturated rings. The third kappa shape index (κ3) is 4.80. The Morgan fingerprint density at radius 3 is 2.86 bits per heavy atom. The van der Waals surface area contributed by atoms with Crippen LogP contribution in [0, 0.1) is 18.3 Å². The van der Waals surface area contributed by atoms with Crippen molar-refractivity contribution in [2.45, 2.75) is 19.1 Å². The van der Waals surface area contributed by atoms with E-state index in [1.807, 2.05) is 4.90 Å². The van der Waals surface area contributed by atoms with Crippen LogP contribution in [-0.4, -0.2) is 77.5 Å². The number of para-hydroxylation sites is 1. The van der Waals surface area contributed by atoms with E-state index in [-0.39, 0.29) is 18.2 Å². The van der Waals surface area contributed by atoms with Gasteiger partial charge in [-0.15, -0.1) is 5.10 Å². The zero-order valence-corrected chi connectivity index (χ0v) is 19.8. The molecule has 0 aliphatic carbocycles. The van der Waals surface area contributed by atoms with Gasteiger partial charge in [-0.3, -0.25) is 14.7 Å². The van der Waals surface area contributed by atoms with Crippen molar-refractivity contribution >= 4 is 34.4 Å². The molecule has 1 atom stereocenters. The smallest absolute Gasteiger partial charge is 0.268 e. The number of halogens is 1. The summed E-state index contributed by atoms with van der Waals surface area (Å²) in [5.41, 5.74) is 1.74. The third-order valence-electron chi connectivity index (χ3n) is 5.56. The van der Waals surface area contributed by atoms with Gasteiger partial charge in [-0.05, 0) is 19.1 Å². The maximum absolute atomic E-state index is 13.1. The highest BCUT2D eigenvalue weighted by Crippen LogP contribution is 2.28. The average Bonchev–Trinajstić information content (AvgIpc) is 3.28. The Balaban J connectivity index is 1.46. The summed E-state index contributed by atoms with van der Waals surface area (Å²) >= 11 is 6.35. The number of nitrogens with zero attached hydrogens (tertiary/aromatic N) is 8. The molecule has 0 unspecified atom stereocenters. The molecule has 4 heterocycles. The minimum absolute atomic E-state index is 0.132. The number of amides is 1.